The largest absolute Gasteiger partial charge is 0.477 e. The Bertz CT molecular complexity index is 373. The first-order chi connectivity index (χ1) is 7.50. The summed E-state index contributed by atoms with van der Waals surface area (Å²) in [6.07, 6.45) is 3.47. The quantitative estimate of drug-likeness (QED) is 0.804. The van der Waals surface area contributed by atoms with Crippen molar-refractivity contribution < 1.29 is 9.90 Å². The molecule has 0 aliphatic carbocycles. The van der Waals surface area contributed by atoms with Crippen molar-refractivity contribution in [3.8, 4) is 0 Å². The number of pyridine rings is 1. The summed E-state index contributed by atoms with van der Waals surface area (Å²) in [6.45, 7) is 6.33. The van der Waals surface area contributed by atoms with E-state index in [0.717, 1.165) is 18.5 Å². The number of aromatic nitrogens is 1. The van der Waals surface area contributed by atoms with Crippen LogP contribution in [0.5, 0.6) is 0 Å². The number of rotatable bonds is 5. The van der Waals surface area contributed by atoms with Crippen LogP contribution >= 0.6 is 0 Å². The number of carboxylic acids is 1. The number of hydrogen-bond acceptors (Lipinski definition) is 3. The van der Waals surface area contributed by atoms with Crippen LogP contribution < -0.4 is 5.32 Å². The third kappa shape index (κ3) is 2.95. The van der Waals surface area contributed by atoms with E-state index in [2.05, 4.69) is 31.1 Å². The molecular weight excluding hydrogens is 204 g/mol. The van der Waals surface area contributed by atoms with E-state index in [9.17, 15) is 4.79 Å². The summed E-state index contributed by atoms with van der Waals surface area (Å²) in [5, 5.41) is 12.2. The predicted molar refractivity (Wildman–Crippen MR) is 63.8 cm³/mol. The maximum absolute atomic E-state index is 10.8. The van der Waals surface area contributed by atoms with Gasteiger partial charge in [0, 0.05) is 17.4 Å². The van der Waals surface area contributed by atoms with Crippen molar-refractivity contribution in [1.29, 1.82) is 0 Å². The molecule has 0 spiro atoms. The number of anilines is 1. The number of nitrogens with one attached hydrogen (secondary N) is 1. The van der Waals surface area contributed by atoms with Crippen LogP contribution in [0.25, 0.3) is 0 Å². The van der Waals surface area contributed by atoms with Gasteiger partial charge in [-0.2, -0.15) is 0 Å². The maximum atomic E-state index is 10.8. The van der Waals surface area contributed by atoms with E-state index in [-0.39, 0.29) is 11.2 Å². The van der Waals surface area contributed by atoms with Crippen LogP contribution in [0.1, 0.15) is 44.1 Å². The van der Waals surface area contributed by atoms with Gasteiger partial charge in [-0.3, -0.25) is 0 Å². The molecule has 0 bridgehead atoms. The van der Waals surface area contributed by atoms with Crippen molar-refractivity contribution in [2.45, 2.75) is 39.2 Å². The molecule has 0 saturated heterocycles. The topological polar surface area (TPSA) is 62.2 Å². The molecule has 0 radical (unpaired) electrons. The standard InChI is InChI=1S/C12H18N2O2/c1-4-12(3,5-2)14-9-6-7-13-10(8-9)11(15)16/h6-8H,4-5H2,1-3H3,(H,13,14)(H,15,16). The Morgan fingerprint density at radius 2 is 2.12 bits per heavy atom. The minimum atomic E-state index is -1.00. The van der Waals surface area contributed by atoms with Gasteiger partial charge >= 0.3 is 5.97 Å². The van der Waals surface area contributed by atoms with E-state index < -0.39 is 5.97 Å². The van der Waals surface area contributed by atoms with E-state index in [4.69, 9.17) is 5.11 Å². The van der Waals surface area contributed by atoms with E-state index >= 15 is 0 Å². The van der Waals surface area contributed by atoms with Gasteiger partial charge in [-0.15, -0.1) is 0 Å². The molecule has 0 amide bonds. The second kappa shape index (κ2) is 4.96. The van der Waals surface area contributed by atoms with Crippen molar-refractivity contribution in [1.82, 2.24) is 4.98 Å². The minimum Gasteiger partial charge on any atom is -0.477 e. The van der Waals surface area contributed by atoms with E-state index in [0.29, 0.717) is 0 Å². The molecule has 1 rings (SSSR count). The number of hydrogen-bond donors (Lipinski definition) is 2. The summed E-state index contributed by atoms with van der Waals surface area (Å²) in [6, 6.07) is 3.35. The van der Waals surface area contributed by atoms with Crippen LogP contribution in [0.4, 0.5) is 5.69 Å². The first kappa shape index (κ1) is 12.5. The van der Waals surface area contributed by atoms with Crippen LogP contribution in [0.2, 0.25) is 0 Å². The molecule has 0 atom stereocenters. The van der Waals surface area contributed by atoms with Crippen molar-refractivity contribution in [3.05, 3.63) is 24.0 Å². The number of aromatic carboxylic acids is 1. The fourth-order valence-corrected chi connectivity index (χ4v) is 1.40. The summed E-state index contributed by atoms with van der Waals surface area (Å²) < 4.78 is 0. The third-order valence-corrected chi connectivity index (χ3v) is 2.99. The Balaban J connectivity index is 2.89. The summed E-state index contributed by atoms with van der Waals surface area (Å²) in [7, 11) is 0. The zero-order valence-corrected chi connectivity index (χ0v) is 9.95. The molecule has 0 aromatic carbocycles. The van der Waals surface area contributed by atoms with Crippen molar-refractivity contribution in [2.24, 2.45) is 0 Å². The van der Waals surface area contributed by atoms with E-state index in [1.165, 1.54) is 6.20 Å². The van der Waals surface area contributed by atoms with Gasteiger partial charge in [0.15, 0.2) is 0 Å². The molecular formula is C12H18N2O2. The molecule has 2 N–H and O–H groups in total. The van der Waals surface area contributed by atoms with Crippen molar-refractivity contribution >= 4 is 11.7 Å². The van der Waals surface area contributed by atoms with Crippen LogP contribution in [-0.2, 0) is 0 Å². The fourth-order valence-electron chi connectivity index (χ4n) is 1.40. The molecule has 88 valence electrons. The summed E-state index contributed by atoms with van der Waals surface area (Å²) >= 11 is 0. The monoisotopic (exact) mass is 222 g/mol. The Morgan fingerprint density at radius 1 is 1.50 bits per heavy atom. The summed E-state index contributed by atoms with van der Waals surface area (Å²) in [5.74, 6) is -1.00. The van der Waals surface area contributed by atoms with Crippen molar-refractivity contribution in [2.75, 3.05) is 5.32 Å². The van der Waals surface area contributed by atoms with Gasteiger partial charge in [-0.05, 0) is 31.9 Å². The lowest BCUT2D eigenvalue weighted by Crippen LogP contribution is -2.33. The average Bonchev–Trinajstić information content (AvgIpc) is 2.29. The van der Waals surface area contributed by atoms with Gasteiger partial charge in [-0.25, -0.2) is 9.78 Å². The molecule has 0 aliphatic heterocycles. The lowest BCUT2D eigenvalue weighted by atomic mass is 9.95. The van der Waals surface area contributed by atoms with Crippen molar-refractivity contribution in [3.63, 3.8) is 0 Å². The van der Waals surface area contributed by atoms with E-state index in [1.54, 1.807) is 12.1 Å². The lowest BCUT2D eigenvalue weighted by Gasteiger charge is -2.29. The molecule has 0 aliphatic rings. The van der Waals surface area contributed by atoms with Crippen LogP contribution in [0.15, 0.2) is 18.3 Å². The van der Waals surface area contributed by atoms with Gasteiger partial charge in [0.2, 0.25) is 0 Å². The molecule has 1 aromatic heterocycles. The van der Waals surface area contributed by atoms with Gasteiger partial charge in [0.1, 0.15) is 5.69 Å². The van der Waals surface area contributed by atoms with Crippen LogP contribution in [0, 0.1) is 0 Å². The lowest BCUT2D eigenvalue weighted by molar-refractivity contribution is 0.0690. The highest BCUT2D eigenvalue weighted by Gasteiger charge is 2.19. The highest BCUT2D eigenvalue weighted by Crippen LogP contribution is 2.21. The van der Waals surface area contributed by atoms with Gasteiger partial charge in [0.25, 0.3) is 0 Å². The van der Waals surface area contributed by atoms with Gasteiger partial charge < -0.3 is 10.4 Å². The highest BCUT2D eigenvalue weighted by molar-refractivity contribution is 5.86. The van der Waals surface area contributed by atoms with Gasteiger partial charge in [-0.1, -0.05) is 13.8 Å². The van der Waals surface area contributed by atoms with Crippen LogP contribution in [-0.4, -0.2) is 21.6 Å². The number of carbonyl (C=O) groups is 1. The minimum absolute atomic E-state index is 0.00285. The highest BCUT2D eigenvalue weighted by atomic mass is 16.4. The number of carboxylic acid groups (broad SMARTS) is 1. The number of nitrogens with zero attached hydrogens (tertiary/aromatic N) is 1. The summed E-state index contributed by atoms with van der Waals surface area (Å²) in [4.78, 5) is 14.5. The zero-order chi connectivity index (χ0) is 12.2. The van der Waals surface area contributed by atoms with Crippen LogP contribution in [0.3, 0.4) is 0 Å². The first-order valence-electron chi connectivity index (χ1n) is 5.48. The molecule has 4 nitrogen and oxygen atoms in total. The van der Waals surface area contributed by atoms with E-state index in [1.807, 2.05) is 0 Å². The smallest absolute Gasteiger partial charge is 0.354 e. The SMILES string of the molecule is CCC(C)(CC)Nc1ccnc(C(=O)O)c1. The molecule has 0 fully saturated rings. The third-order valence-electron chi connectivity index (χ3n) is 2.99. The predicted octanol–water partition coefficient (Wildman–Crippen LogP) is 2.77. The molecule has 1 heterocycles. The Morgan fingerprint density at radius 3 is 2.62 bits per heavy atom. The summed E-state index contributed by atoms with van der Waals surface area (Å²) in [5.41, 5.74) is 0.870. The Labute approximate surface area is 95.7 Å². The second-order valence-corrected chi connectivity index (χ2v) is 4.13. The first-order valence-corrected chi connectivity index (χ1v) is 5.48. The zero-order valence-electron chi connectivity index (χ0n) is 9.95. The Kier molecular flexibility index (Phi) is 3.88. The molecule has 1 aromatic rings. The fraction of sp³-hybridized carbons (Fsp3) is 0.500. The molecule has 0 saturated carbocycles. The molecule has 4 heteroatoms. The second-order valence-electron chi connectivity index (χ2n) is 4.13. The average molecular weight is 222 g/mol. The molecule has 16 heavy (non-hydrogen) atoms. The van der Waals surface area contributed by atoms with Gasteiger partial charge in [0.05, 0.1) is 0 Å². The maximum Gasteiger partial charge on any atom is 0.354 e. The molecule has 0 unspecified atom stereocenters. The Hall–Kier alpha value is -1.58. The normalized spacial score (nSPS) is 11.2.